The van der Waals surface area contributed by atoms with Gasteiger partial charge in [-0.1, -0.05) is 50.6 Å². The number of hydrogen-bond donors (Lipinski definition) is 2. The summed E-state index contributed by atoms with van der Waals surface area (Å²) in [7, 11) is -3.76. The smallest absolute Gasteiger partial charge is 0.241 e. The largest absolute Gasteiger partial charge is 0.325 e. The number of sulfonamides is 1. The molecule has 0 fully saturated rings. The number of carbonyl (C=O) groups excluding carboxylic acids is 1. The van der Waals surface area contributed by atoms with Gasteiger partial charge in [-0.05, 0) is 55.0 Å². The van der Waals surface area contributed by atoms with Crippen molar-refractivity contribution in [2.45, 2.75) is 51.9 Å². The maximum absolute atomic E-state index is 12.6. The Morgan fingerprint density at radius 2 is 1.48 bits per heavy atom. The Hall–Kier alpha value is -2.18. The number of rotatable bonds is 5. The number of benzene rings is 2. The van der Waals surface area contributed by atoms with Crippen LogP contribution >= 0.6 is 0 Å². The van der Waals surface area contributed by atoms with E-state index in [-0.39, 0.29) is 16.9 Å². The average Bonchev–Trinajstić information content (AvgIpc) is 2.51. The normalized spacial score (nSPS) is 12.1. The number of aryl methyl sites for hydroxylation is 3. The molecular formula is C21H28N2O3S. The minimum Gasteiger partial charge on any atom is -0.325 e. The molecule has 0 atom stereocenters. The average molecular weight is 389 g/mol. The second kappa shape index (κ2) is 7.82. The molecule has 146 valence electrons. The first-order valence-corrected chi connectivity index (χ1v) is 10.4. The van der Waals surface area contributed by atoms with E-state index in [1.165, 1.54) is 0 Å². The van der Waals surface area contributed by atoms with Gasteiger partial charge in [0.1, 0.15) is 0 Å². The molecule has 5 nitrogen and oxygen atoms in total. The highest BCUT2D eigenvalue weighted by Gasteiger charge is 2.21. The van der Waals surface area contributed by atoms with Crippen molar-refractivity contribution in [3.63, 3.8) is 0 Å². The van der Waals surface area contributed by atoms with Crippen molar-refractivity contribution in [2.24, 2.45) is 0 Å². The third-order valence-corrected chi connectivity index (χ3v) is 6.04. The molecule has 0 unspecified atom stereocenters. The van der Waals surface area contributed by atoms with Crippen molar-refractivity contribution in [3.05, 3.63) is 58.7 Å². The molecule has 0 bridgehead atoms. The lowest BCUT2D eigenvalue weighted by atomic mass is 9.87. The maximum atomic E-state index is 12.6. The number of amides is 1. The Kier molecular flexibility index (Phi) is 6.12. The molecule has 2 N–H and O–H groups in total. The summed E-state index contributed by atoms with van der Waals surface area (Å²) >= 11 is 0. The summed E-state index contributed by atoms with van der Waals surface area (Å²) in [4.78, 5) is 12.4. The molecule has 0 radical (unpaired) electrons. The van der Waals surface area contributed by atoms with Crippen molar-refractivity contribution in [2.75, 3.05) is 11.9 Å². The standard InChI is InChI=1S/C21H28N2O3S/c1-14-11-15(2)20(16(3)12-14)27(25,26)22-13-19(24)23-18-9-7-17(8-10-18)21(4,5)6/h7-12,22H,13H2,1-6H3,(H,23,24). The number of anilines is 1. The lowest BCUT2D eigenvalue weighted by molar-refractivity contribution is -0.115. The van der Waals surface area contributed by atoms with Crippen molar-refractivity contribution < 1.29 is 13.2 Å². The van der Waals surface area contributed by atoms with Crippen LogP contribution in [-0.4, -0.2) is 20.9 Å². The molecule has 6 heteroatoms. The minimum atomic E-state index is -3.76. The SMILES string of the molecule is Cc1cc(C)c(S(=O)(=O)NCC(=O)Nc2ccc(C(C)(C)C)cc2)c(C)c1. The van der Waals surface area contributed by atoms with E-state index in [1.807, 2.05) is 43.3 Å². The van der Waals surface area contributed by atoms with Crippen LogP contribution in [0.15, 0.2) is 41.3 Å². The second-order valence-corrected chi connectivity index (χ2v) is 9.63. The summed E-state index contributed by atoms with van der Waals surface area (Å²) in [5.74, 6) is -0.412. The zero-order valence-electron chi connectivity index (χ0n) is 16.8. The molecule has 0 saturated heterocycles. The Labute approximate surface area is 162 Å². The van der Waals surface area contributed by atoms with E-state index in [9.17, 15) is 13.2 Å². The molecule has 2 aromatic rings. The van der Waals surface area contributed by atoms with E-state index in [4.69, 9.17) is 0 Å². The molecule has 0 spiro atoms. The summed E-state index contributed by atoms with van der Waals surface area (Å²) in [6.45, 7) is 11.5. The third-order valence-electron chi connectivity index (χ3n) is 4.33. The summed E-state index contributed by atoms with van der Waals surface area (Å²) in [6.07, 6.45) is 0. The lowest BCUT2D eigenvalue weighted by Gasteiger charge is -2.19. The zero-order chi connectivity index (χ0) is 20.4. The summed E-state index contributed by atoms with van der Waals surface area (Å²) in [5.41, 5.74) is 4.15. The summed E-state index contributed by atoms with van der Waals surface area (Å²) < 4.78 is 27.6. The van der Waals surface area contributed by atoms with Gasteiger partial charge >= 0.3 is 0 Å². The molecule has 27 heavy (non-hydrogen) atoms. The van der Waals surface area contributed by atoms with E-state index in [1.54, 1.807) is 13.8 Å². The third kappa shape index (κ3) is 5.40. The zero-order valence-corrected chi connectivity index (χ0v) is 17.6. The fourth-order valence-corrected chi connectivity index (χ4v) is 4.51. The minimum absolute atomic E-state index is 0.0297. The highest BCUT2D eigenvalue weighted by molar-refractivity contribution is 7.89. The molecule has 2 rings (SSSR count). The van der Waals surface area contributed by atoms with Crippen LogP contribution < -0.4 is 10.0 Å². The first-order valence-electron chi connectivity index (χ1n) is 8.88. The predicted molar refractivity (Wildman–Crippen MR) is 110 cm³/mol. The monoisotopic (exact) mass is 388 g/mol. The Balaban J connectivity index is 2.05. The predicted octanol–water partition coefficient (Wildman–Crippen LogP) is 3.83. The number of hydrogen-bond acceptors (Lipinski definition) is 3. The fraction of sp³-hybridized carbons (Fsp3) is 0.381. The van der Waals surface area contributed by atoms with Crippen molar-refractivity contribution >= 4 is 21.6 Å². The molecule has 0 aliphatic rings. The van der Waals surface area contributed by atoms with Crippen LogP contribution in [0.2, 0.25) is 0 Å². The van der Waals surface area contributed by atoms with E-state index in [0.717, 1.165) is 11.1 Å². The van der Waals surface area contributed by atoms with E-state index >= 15 is 0 Å². The molecule has 2 aromatic carbocycles. The summed E-state index contributed by atoms with van der Waals surface area (Å²) in [5, 5.41) is 2.72. The van der Waals surface area contributed by atoms with Crippen LogP contribution in [0.3, 0.4) is 0 Å². The van der Waals surface area contributed by atoms with Crippen LogP contribution in [0.25, 0.3) is 0 Å². The van der Waals surface area contributed by atoms with Gasteiger partial charge in [-0.15, -0.1) is 0 Å². The Bertz CT molecular complexity index is 917. The first kappa shape index (κ1) is 21.1. The maximum Gasteiger partial charge on any atom is 0.241 e. The van der Waals surface area contributed by atoms with Crippen LogP contribution in [-0.2, 0) is 20.2 Å². The highest BCUT2D eigenvalue weighted by atomic mass is 32.2. The number of carbonyl (C=O) groups is 1. The quantitative estimate of drug-likeness (QED) is 0.817. The number of nitrogens with one attached hydrogen (secondary N) is 2. The molecule has 0 heterocycles. The van der Waals surface area contributed by atoms with Gasteiger partial charge in [-0.25, -0.2) is 13.1 Å². The topological polar surface area (TPSA) is 75.3 Å². The van der Waals surface area contributed by atoms with Gasteiger partial charge in [0.25, 0.3) is 0 Å². The highest BCUT2D eigenvalue weighted by Crippen LogP contribution is 2.24. The molecular weight excluding hydrogens is 360 g/mol. The van der Waals surface area contributed by atoms with Crippen molar-refractivity contribution in [1.29, 1.82) is 0 Å². The molecule has 0 aliphatic carbocycles. The van der Waals surface area contributed by atoms with Crippen LogP contribution in [0.5, 0.6) is 0 Å². The van der Waals surface area contributed by atoms with E-state index < -0.39 is 15.9 Å². The molecule has 0 aromatic heterocycles. The molecule has 0 saturated carbocycles. The Morgan fingerprint density at radius 1 is 0.963 bits per heavy atom. The lowest BCUT2D eigenvalue weighted by Crippen LogP contribution is -2.33. The van der Waals surface area contributed by atoms with Gasteiger partial charge in [-0.2, -0.15) is 0 Å². The summed E-state index contributed by atoms with van der Waals surface area (Å²) in [6, 6.07) is 11.2. The van der Waals surface area contributed by atoms with E-state index in [0.29, 0.717) is 16.8 Å². The van der Waals surface area contributed by atoms with Crippen LogP contribution in [0.1, 0.15) is 43.0 Å². The Morgan fingerprint density at radius 3 is 1.96 bits per heavy atom. The van der Waals surface area contributed by atoms with Crippen molar-refractivity contribution in [1.82, 2.24) is 4.72 Å². The van der Waals surface area contributed by atoms with Gasteiger partial charge in [0.05, 0.1) is 11.4 Å². The molecule has 0 aliphatic heterocycles. The van der Waals surface area contributed by atoms with Crippen LogP contribution in [0, 0.1) is 20.8 Å². The van der Waals surface area contributed by atoms with E-state index in [2.05, 4.69) is 30.8 Å². The van der Waals surface area contributed by atoms with Gasteiger partial charge in [-0.3, -0.25) is 4.79 Å². The van der Waals surface area contributed by atoms with Gasteiger partial charge in [0.15, 0.2) is 0 Å². The first-order chi connectivity index (χ1) is 12.4. The van der Waals surface area contributed by atoms with Gasteiger partial charge < -0.3 is 5.32 Å². The van der Waals surface area contributed by atoms with Crippen LogP contribution in [0.4, 0.5) is 5.69 Å². The second-order valence-electron chi connectivity index (χ2n) is 7.93. The molecule has 1 amide bonds. The van der Waals surface area contributed by atoms with Gasteiger partial charge in [0, 0.05) is 5.69 Å². The van der Waals surface area contributed by atoms with Crippen molar-refractivity contribution in [3.8, 4) is 0 Å². The fourth-order valence-electron chi connectivity index (χ4n) is 3.08. The van der Waals surface area contributed by atoms with Gasteiger partial charge in [0.2, 0.25) is 15.9 Å².